The maximum Gasteiger partial charge on any atom is 0.433 e. The van der Waals surface area contributed by atoms with Crippen molar-refractivity contribution in [1.82, 2.24) is 15.3 Å². The zero-order chi connectivity index (χ0) is 15.5. The molecule has 0 radical (unpaired) electrons. The van der Waals surface area contributed by atoms with Gasteiger partial charge in [0.2, 0.25) is 12.4 Å². The van der Waals surface area contributed by atoms with E-state index in [1.54, 1.807) is 0 Å². The molecule has 2 heterocycles. The molecule has 0 saturated heterocycles. The summed E-state index contributed by atoms with van der Waals surface area (Å²) < 4.78 is 50.6. The van der Waals surface area contributed by atoms with Crippen molar-refractivity contribution in [2.45, 2.75) is 12.7 Å². The minimum atomic E-state index is -4.53. The van der Waals surface area contributed by atoms with Gasteiger partial charge in [0.25, 0.3) is 0 Å². The highest BCUT2D eigenvalue weighted by Crippen LogP contribution is 2.29. The molecular weight excluding hydrogens is 290 g/mol. The van der Waals surface area contributed by atoms with E-state index in [9.17, 15) is 22.4 Å². The molecule has 2 rings (SSSR count). The second kappa shape index (κ2) is 5.86. The number of hydrogen-bond donors (Lipinski definition) is 1. The van der Waals surface area contributed by atoms with E-state index in [1.807, 2.05) is 0 Å². The lowest BCUT2D eigenvalue weighted by Crippen LogP contribution is -2.11. The van der Waals surface area contributed by atoms with Crippen LogP contribution < -0.4 is 5.32 Å². The zero-order valence-electron chi connectivity index (χ0n) is 10.5. The second-order valence-electron chi connectivity index (χ2n) is 4.10. The number of nitrogens with one attached hydrogen (secondary N) is 1. The van der Waals surface area contributed by atoms with Gasteiger partial charge >= 0.3 is 6.18 Å². The highest BCUT2D eigenvalue weighted by atomic mass is 19.4. The van der Waals surface area contributed by atoms with Crippen LogP contribution in [-0.2, 0) is 17.5 Å². The minimum Gasteiger partial charge on any atom is -0.353 e. The molecule has 0 aliphatic heterocycles. The number of aromatic nitrogens is 2. The molecule has 8 heteroatoms. The Hall–Kier alpha value is -2.51. The average molecular weight is 299 g/mol. The summed E-state index contributed by atoms with van der Waals surface area (Å²) in [6.45, 7) is 0.0162. The van der Waals surface area contributed by atoms with E-state index >= 15 is 0 Å². The Morgan fingerprint density at radius 1 is 1.19 bits per heavy atom. The molecule has 0 aliphatic carbocycles. The summed E-state index contributed by atoms with van der Waals surface area (Å²) in [6.07, 6.45) is -3.08. The van der Waals surface area contributed by atoms with Crippen LogP contribution in [0, 0.1) is 5.95 Å². The quantitative estimate of drug-likeness (QED) is 0.536. The standard InChI is InChI=1S/C13H9F4N3O/c14-12-4-9(3-10(20-12)6-18-7-21)8-1-2-11(19-5-8)13(15,16)17/h1-5,7H,6H2,(H,18,21). The Morgan fingerprint density at radius 3 is 2.52 bits per heavy atom. The third-order valence-electron chi connectivity index (χ3n) is 2.60. The van der Waals surface area contributed by atoms with Crippen molar-refractivity contribution in [3.63, 3.8) is 0 Å². The molecule has 21 heavy (non-hydrogen) atoms. The molecule has 0 aliphatic rings. The Labute approximate surface area is 116 Å². The summed E-state index contributed by atoms with van der Waals surface area (Å²) in [6, 6.07) is 4.55. The molecule has 0 atom stereocenters. The maximum atomic E-state index is 13.4. The molecule has 0 aromatic carbocycles. The van der Waals surface area contributed by atoms with E-state index in [0.29, 0.717) is 17.5 Å². The van der Waals surface area contributed by atoms with Crippen LogP contribution in [-0.4, -0.2) is 16.4 Å². The third-order valence-corrected chi connectivity index (χ3v) is 2.60. The molecule has 2 aromatic heterocycles. The van der Waals surface area contributed by atoms with E-state index in [-0.39, 0.29) is 12.2 Å². The number of hydrogen-bond acceptors (Lipinski definition) is 3. The van der Waals surface area contributed by atoms with Gasteiger partial charge in [0.15, 0.2) is 0 Å². The van der Waals surface area contributed by atoms with Crippen LogP contribution in [0.15, 0.2) is 30.5 Å². The molecular formula is C13H9F4N3O. The van der Waals surface area contributed by atoms with E-state index in [2.05, 4.69) is 15.3 Å². The van der Waals surface area contributed by atoms with E-state index in [4.69, 9.17) is 0 Å². The van der Waals surface area contributed by atoms with Gasteiger partial charge in [-0.15, -0.1) is 0 Å². The highest BCUT2D eigenvalue weighted by Gasteiger charge is 2.32. The predicted molar refractivity (Wildman–Crippen MR) is 65.3 cm³/mol. The zero-order valence-corrected chi connectivity index (χ0v) is 10.5. The number of amides is 1. The van der Waals surface area contributed by atoms with Crippen LogP contribution in [0.25, 0.3) is 11.1 Å². The number of carbonyl (C=O) groups excluding carboxylic acids is 1. The molecule has 4 nitrogen and oxygen atoms in total. The Kier molecular flexibility index (Phi) is 4.15. The molecule has 0 spiro atoms. The fourth-order valence-electron chi connectivity index (χ4n) is 1.69. The lowest BCUT2D eigenvalue weighted by atomic mass is 10.1. The van der Waals surface area contributed by atoms with E-state index in [0.717, 1.165) is 18.3 Å². The van der Waals surface area contributed by atoms with Crippen molar-refractivity contribution in [2.24, 2.45) is 0 Å². The minimum absolute atomic E-state index is 0.0162. The molecule has 1 amide bonds. The first-order valence-corrected chi connectivity index (χ1v) is 5.77. The Morgan fingerprint density at radius 2 is 1.95 bits per heavy atom. The molecule has 0 fully saturated rings. The fraction of sp³-hybridized carbons (Fsp3) is 0.154. The first-order valence-electron chi connectivity index (χ1n) is 5.77. The maximum absolute atomic E-state index is 13.4. The van der Waals surface area contributed by atoms with Crippen LogP contribution in [0.5, 0.6) is 0 Å². The van der Waals surface area contributed by atoms with Crippen molar-refractivity contribution in [3.05, 3.63) is 47.8 Å². The second-order valence-corrected chi connectivity index (χ2v) is 4.10. The first-order chi connectivity index (χ1) is 9.90. The monoisotopic (exact) mass is 299 g/mol. The summed E-state index contributed by atoms with van der Waals surface area (Å²) in [4.78, 5) is 17.1. The average Bonchev–Trinajstić information content (AvgIpc) is 2.44. The van der Waals surface area contributed by atoms with Gasteiger partial charge in [0, 0.05) is 17.8 Å². The summed E-state index contributed by atoms with van der Waals surface area (Å²) >= 11 is 0. The van der Waals surface area contributed by atoms with Gasteiger partial charge in [-0.05, 0) is 17.7 Å². The van der Waals surface area contributed by atoms with Gasteiger partial charge in [-0.1, -0.05) is 6.07 Å². The normalized spacial score (nSPS) is 11.2. The van der Waals surface area contributed by atoms with Gasteiger partial charge in [-0.2, -0.15) is 17.6 Å². The Balaban J connectivity index is 2.33. The lowest BCUT2D eigenvalue weighted by Gasteiger charge is -2.08. The number of carbonyl (C=O) groups is 1. The molecule has 0 bridgehead atoms. The predicted octanol–water partition coefficient (Wildman–Crippen LogP) is 2.55. The first kappa shape index (κ1) is 14.9. The smallest absolute Gasteiger partial charge is 0.353 e. The summed E-state index contributed by atoms with van der Waals surface area (Å²) in [5, 5.41) is 2.33. The molecule has 1 N–H and O–H groups in total. The van der Waals surface area contributed by atoms with Gasteiger partial charge in [-0.25, -0.2) is 4.98 Å². The number of nitrogens with zero attached hydrogens (tertiary/aromatic N) is 2. The van der Waals surface area contributed by atoms with Crippen molar-refractivity contribution in [3.8, 4) is 11.1 Å². The summed E-state index contributed by atoms with van der Waals surface area (Å²) in [5.74, 6) is -0.796. The van der Waals surface area contributed by atoms with Crippen LogP contribution in [0.2, 0.25) is 0 Å². The van der Waals surface area contributed by atoms with E-state index < -0.39 is 17.8 Å². The van der Waals surface area contributed by atoms with Gasteiger partial charge in [0.1, 0.15) is 5.69 Å². The highest BCUT2D eigenvalue weighted by molar-refractivity contribution is 5.62. The fourth-order valence-corrected chi connectivity index (χ4v) is 1.69. The third kappa shape index (κ3) is 3.74. The number of pyridine rings is 2. The Bertz CT molecular complexity index is 641. The topological polar surface area (TPSA) is 54.9 Å². The van der Waals surface area contributed by atoms with Crippen molar-refractivity contribution in [2.75, 3.05) is 0 Å². The lowest BCUT2D eigenvalue weighted by molar-refractivity contribution is -0.141. The number of alkyl halides is 3. The number of halogens is 4. The molecule has 2 aromatic rings. The van der Waals surface area contributed by atoms with Gasteiger partial charge < -0.3 is 5.32 Å². The summed E-state index contributed by atoms with van der Waals surface area (Å²) in [5.41, 5.74) is -0.135. The van der Waals surface area contributed by atoms with E-state index in [1.165, 1.54) is 12.1 Å². The van der Waals surface area contributed by atoms with Crippen molar-refractivity contribution < 1.29 is 22.4 Å². The summed E-state index contributed by atoms with van der Waals surface area (Å²) in [7, 11) is 0. The molecule has 0 saturated carbocycles. The largest absolute Gasteiger partial charge is 0.433 e. The van der Waals surface area contributed by atoms with Crippen LogP contribution in [0.3, 0.4) is 0 Å². The van der Waals surface area contributed by atoms with Gasteiger partial charge in [-0.3, -0.25) is 9.78 Å². The number of rotatable bonds is 4. The van der Waals surface area contributed by atoms with Crippen molar-refractivity contribution in [1.29, 1.82) is 0 Å². The van der Waals surface area contributed by atoms with Crippen molar-refractivity contribution >= 4 is 6.41 Å². The molecule has 0 unspecified atom stereocenters. The van der Waals surface area contributed by atoms with Crippen LogP contribution in [0.4, 0.5) is 17.6 Å². The molecule has 110 valence electrons. The SMILES string of the molecule is O=CNCc1cc(-c2ccc(C(F)(F)F)nc2)cc(F)n1. The van der Waals surface area contributed by atoms with Crippen LogP contribution in [0.1, 0.15) is 11.4 Å². The van der Waals surface area contributed by atoms with Crippen LogP contribution >= 0.6 is 0 Å². The van der Waals surface area contributed by atoms with Gasteiger partial charge in [0.05, 0.1) is 12.2 Å².